The highest BCUT2D eigenvalue weighted by atomic mass is 16.6. The van der Waals surface area contributed by atoms with Crippen LogP contribution in [0.2, 0.25) is 0 Å². The van der Waals surface area contributed by atoms with E-state index in [1.165, 1.54) is 0 Å². The summed E-state index contributed by atoms with van der Waals surface area (Å²) < 4.78 is 15.1. The fourth-order valence-electron chi connectivity index (χ4n) is 1.69. The molecule has 0 bridgehead atoms. The molecule has 6 nitrogen and oxygen atoms in total. The Morgan fingerprint density at radius 3 is 2.77 bits per heavy atom. The van der Waals surface area contributed by atoms with Crippen molar-refractivity contribution >= 4 is 6.09 Å². The predicted octanol–water partition coefficient (Wildman–Crippen LogP) is -1.39. The van der Waals surface area contributed by atoms with Crippen LogP contribution in [-0.2, 0) is 14.2 Å². The number of aliphatic hydroxyl groups excluding tert-OH is 1. The molecular weight excluding hydrogens is 178 g/mol. The lowest BCUT2D eigenvalue weighted by molar-refractivity contribution is -0.00427. The number of aliphatic hydroxyl groups is 1. The molecule has 1 amide bonds. The van der Waals surface area contributed by atoms with E-state index < -0.39 is 18.3 Å². The molecule has 2 rings (SSSR count). The van der Waals surface area contributed by atoms with Gasteiger partial charge in [-0.25, -0.2) is 4.79 Å². The summed E-state index contributed by atoms with van der Waals surface area (Å²) in [4.78, 5) is 10.5. The van der Waals surface area contributed by atoms with Gasteiger partial charge in [0.1, 0.15) is 18.3 Å². The number of primary amides is 1. The Kier molecular flexibility index (Phi) is 2.10. The molecule has 0 aliphatic carbocycles. The van der Waals surface area contributed by atoms with Gasteiger partial charge in [0.2, 0.25) is 0 Å². The quantitative estimate of drug-likeness (QED) is 0.530. The van der Waals surface area contributed by atoms with Crippen LogP contribution in [0, 0.1) is 0 Å². The van der Waals surface area contributed by atoms with E-state index in [9.17, 15) is 9.90 Å². The number of amides is 1. The van der Waals surface area contributed by atoms with E-state index in [0.717, 1.165) is 0 Å². The highest BCUT2D eigenvalue weighted by Crippen LogP contribution is 2.28. The van der Waals surface area contributed by atoms with Crippen molar-refractivity contribution in [2.24, 2.45) is 5.73 Å². The molecule has 0 radical (unpaired) electrons. The molecule has 0 spiro atoms. The van der Waals surface area contributed by atoms with E-state index in [4.69, 9.17) is 19.9 Å². The summed E-state index contributed by atoms with van der Waals surface area (Å²) in [6.45, 7) is 0.448. The monoisotopic (exact) mass is 189 g/mol. The smallest absolute Gasteiger partial charge is 0.404 e. The Hall–Kier alpha value is -0.850. The van der Waals surface area contributed by atoms with Crippen molar-refractivity contribution in [2.45, 2.75) is 24.4 Å². The molecular formula is C7H11NO5. The van der Waals surface area contributed by atoms with Gasteiger partial charge in [-0.05, 0) is 0 Å². The molecule has 2 aliphatic heterocycles. The lowest BCUT2D eigenvalue weighted by Gasteiger charge is -2.14. The van der Waals surface area contributed by atoms with Crippen LogP contribution in [0.25, 0.3) is 0 Å². The third kappa shape index (κ3) is 1.48. The second kappa shape index (κ2) is 3.13. The molecule has 13 heavy (non-hydrogen) atoms. The molecule has 0 saturated carbocycles. The SMILES string of the molecule is NC(=O)O[C@@H]1COC2C1OC[C@@H]2O. The Morgan fingerprint density at radius 1 is 1.38 bits per heavy atom. The maximum Gasteiger partial charge on any atom is 0.404 e. The van der Waals surface area contributed by atoms with E-state index in [1.54, 1.807) is 0 Å². The fraction of sp³-hybridized carbons (Fsp3) is 0.857. The average molecular weight is 189 g/mol. The molecule has 3 N–H and O–H groups in total. The predicted molar refractivity (Wildman–Crippen MR) is 39.9 cm³/mol. The molecule has 2 heterocycles. The van der Waals surface area contributed by atoms with Gasteiger partial charge in [0.05, 0.1) is 13.2 Å². The number of fused-ring (bicyclic) bond motifs is 1. The third-order valence-electron chi connectivity index (χ3n) is 2.25. The van der Waals surface area contributed by atoms with Crippen molar-refractivity contribution in [3.63, 3.8) is 0 Å². The van der Waals surface area contributed by atoms with Gasteiger partial charge in [-0.1, -0.05) is 0 Å². The van der Waals surface area contributed by atoms with Crippen molar-refractivity contribution < 1.29 is 24.1 Å². The van der Waals surface area contributed by atoms with Crippen LogP contribution in [-0.4, -0.2) is 48.8 Å². The minimum Gasteiger partial charge on any atom is -0.441 e. The maximum atomic E-state index is 10.5. The topological polar surface area (TPSA) is 91.0 Å². The lowest BCUT2D eigenvalue weighted by Crippen LogP contribution is -2.35. The van der Waals surface area contributed by atoms with E-state index in [0.29, 0.717) is 0 Å². The van der Waals surface area contributed by atoms with Crippen LogP contribution in [0.4, 0.5) is 4.79 Å². The number of nitrogens with two attached hydrogens (primary N) is 1. The molecule has 2 fully saturated rings. The molecule has 2 saturated heterocycles. The van der Waals surface area contributed by atoms with Crippen LogP contribution in [0.3, 0.4) is 0 Å². The first-order valence-electron chi connectivity index (χ1n) is 4.06. The standard InChI is InChI=1S/C7H11NO5/c8-7(10)13-4-2-12-5-3(9)1-11-6(4)5/h3-6,9H,1-2H2,(H2,8,10)/t3-,4+,5?,6?/m0/s1. The second-order valence-electron chi connectivity index (χ2n) is 3.14. The molecule has 2 aliphatic rings. The minimum absolute atomic E-state index is 0.216. The number of hydrogen-bond donors (Lipinski definition) is 2. The van der Waals surface area contributed by atoms with E-state index >= 15 is 0 Å². The Bertz CT molecular complexity index is 221. The maximum absolute atomic E-state index is 10.5. The van der Waals surface area contributed by atoms with Gasteiger partial charge in [0.15, 0.2) is 6.10 Å². The number of hydrogen-bond acceptors (Lipinski definition) is 5. The van der Waals surface area contributed by atoms with Crippen LogP contribution >= 0.6 is 0 Å². The second-order valence-corrected chi connectivity index (χ2v) is 3.14. The molecule has 0 aromatic rings. The van der Waals surface area contributed by atoms with Crippen LogP contribution in [0.5, 0.6) is 0 Å². The van der Waals surface area contributed by atoms with Crippen molar-refractivity contribution in [3.05, 3.63) is 0 Å². The summed E-state index contributed by atoms with van der Waals surface area (Å²) in [6, 6.07) is 0. The first-order valence-corrected chi connectivity index (χ1v) is 4.06. The van der Waals surface area contributed by atoms with Gasteiger partial charge in [-0.2, -0.15) is 0 Å². The van der Waals surface area contributed by atoms with Crippen LogP contribution in [0.1, 0.15) is 0 Å². The molecule has 2 unspecified atom stereocenters. The first-order chi connectivity index (χ1) is 6.18. The van der Waals surface area contributed by atoms with Crippen molar-refractivity contribution in [1.29, 1.82) is 0 Å². The zero-order valence-electron chi connectivity index (χ0n) is 6.88. The van der Waals surface area contributed by atoms with Crippen LogP contribution < -0.4 is 5.73 Å². The zero-order chi connectivity index (χ0) is 9.42. The van der Waals surface area contributed by atoms with Crippen molar-refractivity contribution in [1.82, 2.24) is 0 Å². The molecule has 6 heteroatoms. The normalized spacial score (nSPS) is 43.2. The van der Waals surface area contributed by atoms with Gasteiger partial charge in [-0.3, -0.25) is 0 Å². The number of carbonyl (C=O) groups excluding carboxylic acids is 1. The minimum atomic E-state index is -0.848. The van der Waals surface area contributed by atoms with Gasteiger partial charge in [-0.15, -0.1) is 0 Å². The van der Waals surface area contributed by atoms with E-state index in [2.05, 4.69) is 0 Å². The van der Waals surface area contributed by atoms with Gasteiger partial charge >= 0.3 is 6.09 Å². The largest absolute Gasteiger partial charge is 0.441 e. The van der Waals surface area contributed by atoms with Crippen molar-refractivity contribution in [3.8, 4) is 0 Å². The Balaban J connectivity index is 1.98. The average Bonchev–Trinajstić information content (AvgIpc) is 2.56. The Labute approximate surface area is 74.6 Å². The molecule has 4 atom stereocenters. The highest BCUT2D eigenvalue weighted by molar-refractivity contribution is 5.64. The summed E-state index contributed by atoms with van der Waals surface area (Å²) in [7, 11) is 0. The molecule has 0 aromatic carbocycles. The fourth-order valence-corrected chi connectivity index (χ4v) is 1.69. The first kappa shape index (κ1) is 8.74. The number of ether oxygens (including phenoxy) is 3. The summed E-state index contributed by atoms with van der Waals surface area (Å²) >= 11 is 0. The number of carbonyl (C=O) groups is 1. The summed E-state index contributed by atoms with van der Waals surface area (Å²) in [5.74, 6) is 0. The van der Waals surface area contributed by atoms with E-state index in [-0.39, 0.29) is 25.4 Å². The van der Waals surface area contributed by atoms with Crippen molar-refractivity contribution in [2.75, 3.05) is 13.2 Å². The van der Waals surface area contributed by atoms with Gasteiger partial charge in [0, 0.05) is 0 Å². The Morgan fingerprint density at radius 2 is 2.08 bits per heavy atom. The zero-order valence-corrected chi connectivity index (χ0v) is 6.88. The number of rotatable bonds is 1. The molecule has 74 valence electrons. The summed E-state index contributed by atoms with van der Waals surface area (Å²) in [5.41, 5.74) is 4.85. The lowest BCUT2D eigenvalue weighted by atomic mass is 10.1. The van der Waals surface area contributed by atoms with Crippen LogP contribution in [0.15, 0.2) is 0 Å². The molecule has 0 aromatic heterocycles. The van der Waals surface area contributed by atoms with Gasteiger partial charge < -0.3 is 25.1 Å². The summed E-state index contributed by atoms with van der Waals surface area (Å²) in [5, 5.41) is 9.33. The van der Waals surface area contributed by atoms with Gasteiger partial charge in [0.25, 0.3) is 0 Å². The van der Waals surface area contributed by atoms with E-state index in [1.807, 2.05) is 0 Å². The third-order valence-corrected chi connectivity index (χ3v) is 2.25. The highest BCUT2D eigenvalue weighted by Gasteiger charge is 2.48. The summed E-state index contributed by atoms with van der Waals surface area (Å²) in [6.07, 6.45) is -2.72.